The molecule has 1 aromatic rings. The Morgan fingerprint density at radius 3 is 2.65 bits per heavy atom. The number of nitrogens with one attached hydrogen (secondary N) is 1. The average Bonchev–Trinajstić information content (AvgIpc) is 2.30. The zero-order valence-corrected chi connectivity index (χ0v) is 11.1. The summed E-state index contributed by atoms with van der Waals surface area (Å²) in [6, 6.07) is 6.74. The van der Waals surface area contributed by atoms with Crippen molar-refractivity contribution >= 4 is 29.1 Å². The van der Waals surface area contributed by atoms with Crippen LogP contribution in [0.25, 0.3) is 0 Å². The third-order valence-electron chi connectivity index (χ3n) is 2.20. The number of methoxy groups -OCH3 is 1. The van der Waals surface area contributed by atoms with Gasteiger partial charge in [-0.15, -0.1) is 11.6 Å². The van der Waals surface area contributed by atoms with Crippen molar-refractivity contribution in [2.45, 2.75) is 11.8 Å². The number of ether oxygens (including phenoxy) is 1. The number of carbonyl (C=O) groups is 1. The highest BCUT2D eigenvalue weighted by Gasteiger charge is 2.07. The standard InChI is InChI=1S/C12H15Cl2NO2/c1-17-8-11(14)6-7-15-12(16)9-2-4-10(13)5-3-9/h2-5,11H,6-8H2,1H3,(H,15,16). The average molecular weight is 276 g/mol. The molecule has 0 aliphatic rings. The summed E-state index contributed by atoms with van der Waals surface area (Å²) in [4.78, 5) is 11.7. The zero-order valence-electron chi connectivity index (χ0n) is 9.58. The summed E-state index contributed by atoms with van der Waals surface area (Å²) >= 11 is 11.7. The van der Waals surface area contributed by atoms with E-state index >= 15 is 0 Å². The lowest BCUT2D eigenvalue weighted by Crippen LogP contribution is -2.26. The monoisotopic (exact) mass is 275 g/mol. The molecule has 0 heterocycles. The van der Waals surface area contributed by atoms with Gasteiger partial charge in [-0.2, -0.15) is 0 Å². The van der Waals surface area contributed by atoms with Crippen LogP contribution in [0.15, 0.2) is 24.3 Å². The Labute approximate surface area is 111 Å². The quantitative estimate of drug-likeness (QED) is 0.811. The van der Waals surface area contributed by atoms with Gasteiger partial charge < -0.3 is 10.1 Å². The summed E-state index contributed by atoms with van der Waals surface area (Å²) < 4.78 is 4.90. The Bertz CT molecular complexity index is 354. The Morgan fingerprint density at radius 2 is 2.06 bits per heavy atom. The van der Waals surface area contributed by atoms with Gasteiger partial charge in [-0.1, -0.05) is 11.6 Å². The Hall–Kier alpha value is -0.770. The summed E-state index contributed by atoms with van der Waals surface area (Å²) in [5, 5.41) is 3.32. The maximum atomic E-state index is 11.7. The second kappa shape index (κ2) is 7.54. The zero-order chi connectivity index (χ0) is 12.7. The molecule has 1 amide bonds. The van der Waals surface area contributed by atoms with Crippen LogP contribution in [0.3, 0.4) is 0 Å². The first-order chi connectivity index (χ1) is 8.13. The molecule has 1 atom stereocenters. The molecule has 3 nitrogen and oxygen atoms in total. The van der Waals surface area contributed by atoms with Crippen molar-refractivity contribution in [2.24, 2.45) is 0 Å². The van der Waals surface area contributed by atoms with Crippen LogP contribution in [-0.2, 0) is 4.74 Å². The summed E-state index contributed by atoms with van der Waals surface area (Å²) in [5.41, 5.74) is 0.590. The molecule has 5 heteroatoms. The van der Waals surface area contributed by atoms with Crippen LogP contribution in [-0.4, -0.2) is 31.5 Å². The van der Waals surface area contributed by atoms with E-state index in [4.69, 9.17) is 27.9 Å². The minimum Gasteiger partial charge on any atom is -0.383 e. The Morgan fingerprint density at radius 1 is 1.41 bits per heavy atom. The molecule has 1 aromatic carbocycles. The SMILES string of the molecule is COCC(Cl)CCNC(=O)c1ccc(Cl)cc1. The highest BCUT2D eigenvalue weighted by molar-refractivity contribution is 6.30. The summed E-state index contributed by atoms with van der Waals surface area (Å²) in [6.07, 6.45) is 0.675. The second-order valence-corrected chi connectivity index (χ2v) is 4.66. The van der Waals surface area contributed by atoms with Gasteiger partial charge in [0.15, 0.2) is 0 Å². The van der Waals surface area contributed by atoms with E-state index in [1.54, 1.807) is 31.4 Å². The lowest BCUT2D eigenvalue weighted by atomic mass is 10.2. The van der Waals surface area contributed by atoms with Gasteiger partial charge in [0.1, 0.15) is 0 Å². The van der Waals surface area contributed by atoms with Gasteiger partial charge in [0.2, 0.25) is 0 Å². The molecule has 0 spiro atoms. The smallest absolute Gasteiger partial charge is 0.251 e. The lowest BCUT2D eigenvalue weighted by Gasteiger charge is -2.09. The van der Waals surface area contributed by atoms with E-state index in [0.717, 1.165) is 0 Å². The van der Waals surface area contributed by atoms with E-state index in [1.807, 2.05) is 0 Å². The van der Waals surface area contributed by atoms with Crippen LogP contribution in [0, 0.1) is 0 Å². The van der Waals surface area contributed by atoms with Crippen LogP contribution in [0.5, 0.6) is 0 Å². The lowest BCUT2D eigenvalue weighted by molar-refractivity contribution is 0.0951. The van der Waals surface area contributed by atoms with E-state index in [9.17, 15) is 4.79 Å². The molecule has 1 rings (SSSR count). The van der Waals surface area contributed by atoms with Gasteiger partial charge >= 0.3 is 0 Å². The van der Waals surface area contributed by atoms with Crippen molar-refractivity contribution in [3.63, 3.8) is 0 Å². The van der Waals surface area contributed by atoms with Crippen molar-refractivity contribution in [3.8, 4) is 0 Å². The molecular weight excluding hydrogens is 261 g/mol. The number of rotatable bonds is 6. The van der Waals surface area contributed by atoms with Gasteiger partial charge in [0, 0.05) is 24.2 Å². The molecule has 1 unspecified atom stereocenters. The van der Waals surface area contributed by atoms with Crippen LogP contribution >= 0.6 is 23.2 Å². The number of hydrogen-bond donors (Lipinski definition) is 1. The fourth-order valence-corrected chi connectivity index (χ4v) is 1.67. The number of hydrogen-bond acceptors (Lipinski definition) is 2. The predicted molar refractivity (Wildman–Crippen MR) is 69.9 cm³/mol. The normalized spacial score (nSPS) is 12.2. The van der Waals surface area contributed by atoms with Gasteiger partial charge in [-0.05, 0) is 30.7 Å². The first kappa shape index (κ1) is 14.3. The summed E-state index contributed by atoms with van der Waals surface area (Å²) in [7, 11) is 1.60. The van der Waals surface area contributed by atoms with Crippen LogP contribution in [0.1, 0.15) is 16.8 Å². The molecule has 0 radical (unpaired) electrons. The Balaban J connectivity index is 2.32. The van der Waals surface area contributed by atoms with E-state index < -0.39 is 0 Å². The minimum atomic E-state index is -0.122. The number of benzene rings is 1. The van der Waals surface area contributed by atoms with Gasteiger partial charge in [0.05, 0.1) is 12.0 Å². The van der Waals surface area contributed by atoms with Crippen molar-refractivity contribution in [2.75, 3.05) is 20.3 Å². The maximum Gasteiger partial charge on any atom is 0.251 e. The summed E-state index contributed by atoms with van der Waals surface area (Å²) in [6.45, 7) is 1.01. The van der Waals surface area contributed by atoms with Gasteiger partial charge in [-0.25, -0.2) is 0 Å². The molecule has 0 saturated heterocycles. The molecule has 94 valence electrons. The molecule has 0 aliphatic carbocycles. The molecule has 1 N–H and O–H groups in total. The van der Waals surface area contributed by atoms with E-state index in [2.05, 4.69) is 5.32 Å². The molecule has 0 saturated carbocycles. The first-order valence-corrected chi connectivity index (χ1v) is 6.11. The molecule has 0 aliphatic heterocycles. The molecule has 0 aromatic heterocycles. The van der Waals surface area contributed by atoms with Gasteiger partial charge in [0.25, 0.3) is 5.91 Å². The largest absolute Gasteiger partial charge is 0.383 e. The Kier molecular flexibility index (Phi) is 6.34. The predicted octanol–water partition coefficient (Wildman–Crippen LogP) is 2.71. The van der Waals surface area contributed by atoms with Crippen molar-refractivity contribution in [3.05, 3.63) is 34.9 Å². The number of carbonyl (C=O) groups excluding carboxylic acids is 1. The van der Waals surface area contributed by atoms with Crippen molar-refractivity contribution in [1.29, 1.82) is 0 Å². The topological polar surface area (TPSA) is 38.3 Å². The fraction of sp³-hybridized carbons (Fsp3) is 0.417. The third-order valence-corrected chi connectivity index (χ3v) is 2.79. The summed E-state index contributed by atoms with van der Waals surface area (Å²) in [5.74, 6) is -0.122. The van der Waals surface area contributed by atoms with Crippen LogP contribution < -0.4 is 5.32 Å². The maximum absolute atomic E-state index is 11.7. The first-order valence-electron chi connectivity index (χ1n) is 5.30. The van der Waals surface area contributed by atoms with Crippen molar-refractivity contribution in [1.82, 2.24) is 5.32 Å². The molecule has 17 heavy (non-hydrogen) atoms. The number of alkyl halides is 1. The van der Waals surface area contributed by atoms with E-state index in [-0.39, 0.29) is 11.3 Å². The molecular formula is C12H15Cl2NO2. The van der Waals surface area contributed by atoms with Gasteiger partial charge in [-0.3, -0.25) is 4.79 Å². The molecule has 0 fully saturated rings. The molecule has 0 bridgehead atoms. The highest BCUT2D eigenvalue weighted by Crippen LogP contribution is 2.09. The van der Waals surface area contributed by atoms with Crippen LogP contribution in [0.4, 0.5) is 0 Å². The minimum absolute atomic E-state index is 0.0782. The fourth-order valence-electron chi connectivity index (χ4n) is 1.31. The number of halogens is 2. The van der Waals surface area contributed by atoms with Crippen LogP contribution in [0.2, 0.25) is 5.02 Å². The second-order valence-electron chi connectivity index (χ2n) is 3.60. The highest BCUT2D eigenvalue weighted by atomic mass is 35.5. The van der Waals surface area contributed by atoms with E-state index in [1.165, 1.54) is 0 Å². The van der Waals surface area contributed by atoms with E-state index in [0.29, 0.717) is 30.2 Å². The number of amides is 1. The van der Waals surface area contributed by atoms with Crippen molar-refractivity contribution < 1.29 is 9.53 Å². The third kappa shape index (κ3) is 5.39.